The molecule has 2 rings (SSSR count). The number of fused-ring (bicyclic) bond motifs is 1. The Labute approximate surface area is 109 Å². The fourth-order valence-electron chi connectivity index (χ4n) is 2.96. The molecule has 0 amide bonds. The molecule has 0 heterocycles. The normalized spacial score (nSPS) is 22.9. The molecule has 2 unspecified atom stereocenters. The maximum Gasteiger partial charge on any atom is 0.119 e. The lowest BCUT2D eigenvalue weighted by Gasteiger charge is -2.37. The van der Waals surface area contributed by atoms with Crippen molar-refractivity contribution < 1.29 is 9.84 Å². The Hall–Kier alpha value is -1.06. The zero-order valence-electron chi connectivity index (χ0n) is 11.5. The largest absolute Gasteiger partial charge is 0.497 e. The highest BCUT2D eigenvalue weighted by Crippen LogP contribution is 2.34. The van der Waals surface area contributed by atoms with Crippen LogP contribution in [0.4, 0.5) is 0 Å². The Morgan fingerprint density at radius 2 is 2.06 bits per heavy atom. The predicted molar refractivity (Wildman–Crippen MR) is 73.0 cm³/mol. The minimum Gasteiger partial charge on any atom is -0.497 e. The summed E-state index contributed by atoms with van der Waals surface area (Å²) in [4.78, 5) is 2.35. The van der Waals surface area contributed by atoms with Gasteiger partial charge in [0.1, 0.15) is 5.75 Å². The van der Waals surface area contributed by atoms with Gasteiger partial charge in [0.05, 0.1) is 13.2 Å². The highest BCUT2D eigenvalue weighted by atomic mass is 16.5. The third-order valence-electron chi connectivity index (χ3n) is 4.02. The summed E-state index contributed by atoms with van der Waals surface area (Å²) in [7, 11) is 1.68. The summed E-state index contributed by atoms with van der Waals surface area (Å²) in [6.45, 7) is 6.28. The molecule has 0 bridgehead atoms. The molecule has 0 spiro atoms. The number of aliphatic hydroxyl groups excluding tert-OH is 1. The van der Waals surface area contributed by atoms with E-state index >= 15 is 0 Å². The average molecular weight is 249 g/mol. The zero-order valence-corrected chi connectivity index (χ0v) is 11.5. The van der Waals surface area contributed by atoms with Crippen molar-refractivity contribution in [2.45, 2.75) is 38.8 Å². The van der Waals surface area contributed by atoms with Crippen molar-refractivity contribution in [3.8, 4) is 5.75 Å². The molecule has 0 saturated heterocycles. The van der Waals surface area contributed by atoms with E-state index in [4.69, 9.17) is 4.74 Å². The van der Waals surface area contributed by atoms with Gasteiger partial charge in [-0.2, -0.15) is 0 Å². The Morgan fingerprint density at radius 1 is 1.33 bits per heavy atom. The number of benzene rings is 1. The number of hydrogen-bond donors (Lipinski definition) is 1. The van der Waals surface area contributed by atoms with Gasteiger partial charge >= 0.3 is 0 Å². The van der Waals surface area contributed by atoms with Crippen LogP contribution in [-0.4, -0.2) is 36.2 Å². The standard InChI is InChI=1S/C15H23NO2/c1-4-16(5-2)14-9-6-11-10-12(18-3)7-8-13(11)15(14)17/h7-8,10,14-15,17H,4-6,9H2,1-3H3. The van der Waals surface area contributed by atoms with Crippen molar-refractivity contribution in [2.75, 3.05) is 20.2 Å². The SMILES string of the molecule is CCN(CC)C1CCc2cc(OC)ccc2C1O. The van der Waals surface area contributed by atoms with Crippen molar-refractivity contribution in [2.24, 2.45) is 0 Å². The van der Waals surface area contributed by atoms with Gasteiger partial charge in [-0.25, -0.2) is 0 Å². The summed E-state index contributed by atoms with van der Waals surface area (Å²) in [5.74, 6) is 0.877. The van der Waals surface area contributed by atoms with Gasteiger partial charge < -0.3 is 9.84 Å². The molecular weight excluding hydrogens is 226 g/mol. The highest BCUT2D eigenvalue weighted by molar-refractivity contribution is 5.39. The molecule has 0 aromatic heterocycles. The molecule has 3 nitrogen and oxygen atoms in total. The second-order valence-electron chi connectivity index (χ2n) is 4.84. The monoisotopic (exact) mass is 249 g/mol. The fourth-order valence-corrected chi connectivity index (χ4v) is 2.96. The fraction of sp³-hybridized carbons (Fsp3) is 0.600. The predicted octanol–water partition coefficient (Wildman–Crippen LogP) is 2.39. The Bertz CT molecular complexity index is 401. The van der Waals surface area contributed by atoms with Gasteiger partial charge in [0, 0.05) is 6.04 Å². The minimum atomic E-state index is -0.375. The van der Waals surface area contributed by atoms with Crippen LogP contribution in [0, 0.1) is 0 Å². The number of nitrogens with zero attached hydrogens (tertiary/aromatic N) is 1. The van der Waals surface area contributed by atoms with Crippen molar-refractivity contribution >= 4 is 0 Å². The van der Waals surface area contributed by atoms with Crippen LogP contribution in [0.25, 0.3) is 0 Å². The number of likely N-dealkylation sites (N-methyl/N-ethyl adjacent to an activating group) is 1. The number of aliphatic hydroxyl groups is 1. The average Bonchev–Trinajstić information content (AvgIpc) is 2.42. The van der Waals surface area contributed by atoms with E-state index < -0.39 is 0 Å². The summed E-state index contributed by atoms with van der Waals surface area (Å²) in [5, 5.41) is 10.5. The van der Waals surface area contributed by atoms with E-state index in [-0.39, 0.29) is 12.1 Å². The van der Waals surface area contributed by atoms with Crippen molar-refractivity contribution in [1.82, 2.24) is 4.90 Å². The zero-order chi connectivity index (χ0) is 13.1. The molecular formula is C15H23NO2. The molecule has 1 aliphatic rings. The first-order valence-corrected chi connectivity index (χ1v) is 6.80. The van der Waals surface area contributed by atoms with Crippen LogP contribution in [0.5, 0.6) is 5.75 Å². The van der Waals surface area contributed by atoms with Gasteiger partial charge in [-0.1, -0.05) is 19.9 Å². The van der Waals surface area contributed by atoms with Gasteiger partial charge in [-0.3, -0.25) is 4.90 Å². The van der Waals surface area contributed by atoms with E-state index in [1.54, 1.807) is 7.11 Å². The number of aryl methyl sites for hydroxylation is 1. The van der Waals surface area contributed by atoms with Crippen LogP contribution >= 0.6 is 0 Å². The number of ether oxygens (including phenoxy) is 1. The molecule has 1 aromatic rings. The van der Waals surface area contributed by atoms with E-state index in [1.165, 1.54) is 5.56 Å². The summed E-state index contributed by atoms with van der Waals surface area (Å²) in [6, 6.07) is 6.25. The van der Waals surface area contributed by atoms with Gasteiger partial charge in [-0.15, -0.1) is 0 Å². The first kappa shape index (κ1) is 13.4. The van der Waals surface area contributed by atoms with Crippen molar-refractivity contribution in [1.29, 1.82) is 0 Å². The molecule has 2 atom stereocenters. The minimum absolute atomic E-state index is 0.251. The number of methoxy groups -OCH3 is 1. The Kier molecular flexibility index (Phi) is 4.25. The molecule has 1 aliphatic carbocycles. The quantitative estimate of drug-likeness (QED) is 0.889. The van der Waals surface area contributed by atoms with Crippen molar-refractivity contribution in [3.05, 3.63) is 29.3 Å². The molecule has 0 aliphatic heterocycles. The second-order valence-corrected chi connectivity index (χ2v) is 4.84. The number of hydrogen-bond acceptors (Lipinski definition) is 3. The molecule has 3 heteroatoms. The molecule has 0 saturated carbocycles. The molecule has 0 radical (unpaired) electrons. The van der Waals surface area contributed by atoms with E-state index in [0.29, 0.717) is 0 Å². The van der Waals surface area contributed by atoms with Gasteiger partial charge in [0.2, 0.25) is 0 Å². The molecule has 100 valence electrons. The summed E-state index contributed by atoms with van der Waals surface area (Å²) >= 11 is 0. The maximum absolute atomic E-state index is 10.5. The van der Waals surface area contributed by atoms with Gasteiger partial charge in [0.15, 0.2) is 0 Å². The van der Waals surface area contributed by atoms with E-state index in [1.807, 2.05) is 12.1 Å². The Balaban J connectivity index is 2.25. The van der Waals surface area contributed by atoms with Crippen LogP contribution in [0.3, 0.4) is 0 Å². The molecule has 18 heavy (non-hydrogen) atoms. The topological polar surface area (TPSA) is 32.7 Å². The van der Waals surface area contributed by atoms with Crippen LogP contribution in [0.1, 0.15) is 37.5 Å². The lowest BCUT2D eigenvalue weighted by Crippen LogP contribution is -2.42. The van der Waals surface area contributed by atoms with Crippen LogP contribution < -0.4 is 4.74 Å². The second kappa shape index (κ2) is 5.72. The third kappa shape index (κ3) is 2.38. The molecule has 1 N–H and O–H groups in total. The van der Waals surface area contributed by atoms with Crippen LogP contribution in [0.15, 0.2) is 18.2 Å². The summed E-state index contributed by atoms with van der Waals surface area (Å²) in [6.07, 6.45) is 1.66. The first-order chi connectivity index (χ1) is 8.71. The van der Waals surface area contributed by atoms with E-state index in [9.17, 15) is 5.11 Å². The lowest BCUT2D eigenvalue weighted by molar-refractivity contribution is 0.0414. The van der Waals surface area contributed by atoms with Crippen molar-refractivity contribution in [3.63, 3.8) is 0 Å². The van der Waals surface area contributed by atoms with Crippen LogP contribution in [-0.2, 0) is 6.42 Å². The van der Waals surface area contributed by atoms with Gasteiger partial charge in [-0.05, 0) is 49.2 Å². The highest BCUT2D eigenvalue weighted by Gasteiger charge is 2.31. The maximum atomic E-state index is 10.5. The van der Waals surface area contributed by atoms with Crippen LogP contribution in [0.2, 0.25) is 0 Å². The smallest absolute Gasteiger partial charge is 0.119 e. The third-order valence-corrected chi connectivity index (χ3v) is 4.02. The number of rotatable bonds is 4. The van der Waals surface area contributed by atoms with Gasteiger partial charge in [0.25, 0.3) is 0 Å². The Morgan fingerprint density at radius 3 is 2.67 bits per heavy atom. The molecule has 1 aromatic carbocycles. The van der Waals surface area contributed by atoms with E-state index in [0.717, 1.165) is 37.2 Å². The summed E-state index contributed by atoms with van der Waals surface area (Å²) in [5.41, 5.74) is 2.30. The molecule has 0 fully saturated rings. The van der Waals surface area contributed by atoms with E-state index in [2.05, 4.69) is 24.8 Å². The lowest BCUT2D eigenvalue weighted by atomic mass is 9.85. The first-order valence-electron chi connectivity index (χ1n) is 6.80. The summed E-state index contributed by atoms with van der Waals surface area (Å²) < 4.78 is 5.24.